The maximum Gasteiger partial charge on any atom is 0.291 e. The van der Waals surface area contributed by atoms with Gasteiger partial charge in [-0.1, -0.05) is 37.3 Å². The molecule has 1 aromatic carbocycles. The summed E-state index contributed by atoms with van der Waals surface area (Å²) in [4.78, 5) is 28.5. The Balaban J connectivity index is 1.25. The average molecular weight is 389 g/mol. The van der Waals surface area contributed by atoms with Crippen molar-refractivity contribution < 1.29 is 4.79 Å². The van der Waals surface area contributed by atoms with E-state index >= 15 is 0 Å². The lowest BCUT2D eigenvalue weighted by atomic mass is 9.90. The van der Waals surface area contributed by atoms with Crippen LogP contribution in [0.25, 0.3) is 0 Å². The highest BCUT2D eigenvalue weighted by Crippen LogP contribution is 2.47. The number of allylic oxidation sites excluding steroid dienone is 2. The van der Waals surface area contributed by atoms with Gasteiger partial charge in [-0.3, -0.25) is 9.79 Å². The first-order chi connectivity index (χ1) is 14.2. The SMILES string of the molecule is CCc1ccccc1C1C[C@@H]2CN(C(=O)C3=N[C@H]4CC/C=C\C=NC4=N3)C[C@@H]2C1. The van der Waals surface area contributed by atoms with E-state index < -0.39 is 0 Å². The monoisotopic (exact) mass is 388 g/mol. The molecule has 3 aliphatic heterocycles. The van der Waals surface area contributed by atoms with E-state index in [9.17, 15) is 4.79 Å². The molecule has 0 bridgehead atoms. The van der Waals surface area contributed by atoms with Crippen LogP contribution < -0.4 is 0 Å². The Morgan fingerprint density at radius 1 is 1.17 bits per heavy atom. The number of amidine groups is 2. The molecule has 0 spiro atoms. The molecule has 4 atom stereocenters. The van der Waals surface area contributed by atoms with Crippen LogP contribution >= 0.6 is 0 Å². The summed E-state index contributed by atoms with van der Waals surface area (Å²) >= 11 is 0. The molecule has 5 heteroatoms. The van der Waals surface area contributed by atoms with E-state index in [4.69, 9.17) is 0 Å². The Bertz CT molecular complexity index is 915. The minimum atomic E-state index is -0.0628. The van der Waals surface area contributed by atoms with E-state index in [1.165, 1.54) is 24.0 Å². The molecule has 2 fully saturated rings. The molecule has 1 saturated heterocycles. The second kappa shape index (κ2) is 7.69. The molecule has 3 heterocycles. The Kier molecular flexibility index (Phi) is 4.90. The van der Waals surface area contributed by atoms with Gasteiger partial charge in [0.2, 0.25) is 5.84 Å². The van der Waals surface area contributed by atoms with Gasteiger partial charge in [0.05, 0.1) is 0 Å². The van der Waals surface area contributed by atoms with Gasteiger partial charge in [0.15, 0.2) is 5.84 Å². The van der Waals surface area contributed by atoms with Crippen LogP contribution in [0.1, 0.15) is 49.7 Å². The van der Waals surface area contributed by atoms with Crippen LogP contribution in [0.4, 0.5) is 0 Å². The lowest BCUT2D eigenvalue weighted by molar-refractivity contribution is -0.123. The molecule has 29 heavy (non-hydrogen) atoms. The molecule has 1 amide bonds. The van der Waals surface area contributed by atoms with Crippen molar-refractivity contribution in [1.29, 1.82) is 0 Å². The van der Waals surface area contributed by atoms with Crippen LogP contribution in [0.15, 0.2) is 51.4 Å². The summed E-state index contributed by atoms with van der Waals surface area (Å²) in [5.41, 5.74) is 3.00. The van der Waals surface area contributed by atoms with Gasteiger partial charge in [0, 0.05) is 19.3 Å². The summed E-state index contributed by atoms with van der Waals surface area (Å²) in [5, 5.41) is 0. The number of benzene rings is 1. The maximum atomic E-state index is 13.1. The van der Waals surface area contributed by atoms with Crippen LogP contribution in [0.5, 0.6) is 0 Å². The molecule has 4 aliphatic rings. The molecule has 0 aromatic heterocycles. The van der Waals surface area contributed by atoms with Gasteiger partial charge in [-0.15, -0.1) is 0 Å². The number of aliphatic imine (C=N–C) groups is 3. The third-order valence-corrected chi connectivity index (χ3v) is 6.94. The number of aryl methyl sites for hydroxylation is 1. The molecular weight excluding hydrogens is 360 g/mol. The van der Waals surface area contributed by atoms with Crippen molar-refractivity contribution in [2.45, 2.75) is 51.0 Å². The van der Waals surface area contributed by atoms with Gasteiger partial charge in [-0.2, -0.15) is 0 Å². The Morgan fingerprint density at radius 2 is 1.97 bits per heavy atom. The van der Waals surface area contributed by atoms with E-state index in [1.54, 1.807) is 6.21 Å². The van der Waals surface area contributed by atoms with Gasteiger partial charge >= 0.3 is 0 Å². The van der Waals surface area contributed by atoms with E-state index in [2.05, 4.69) is 52.2 Å². The maximum absolute atomic E-state index is 13.1. The number of carbonyl (C=O) groups is 1. The first-order valence-corrected chi connectivity index (χ1v) is 11.0. The van der Waals surface area contributed by atoms with Gasteiger partial charge in [0.1, 0.15) is 6.04 Å². The molecule has 150 valence electrons. The number of amides is 1. The molecule has 1 aromatic rings. The highest BCUT2D eigenvalue weighted by molar-refractivity contribution is 6.41. The van der Waals surface area contributed by atoms with Gasteiger partial charge in [-0.25, -0.2) is 9.98 Å². The number of likely N-dealkylation sites (tertiary alicyclic amines) is 1. The van der Waals surface area contributed by atoms with Crippen LogP contribution in [0, 0.1) is 11.8 Å². The highest BCUT2D eigenvalue weighted by Gasteiger charge is 2.44. The van der Waals surface area contributed by atoms with Crippen molar-refractivity contribution in [2.75, 3.05) is 13.1 Å². The van der Waals surface area contributed by atoms with Crippen molar-refractivity contribution in [3.05, 3.63) is 47.5 Å². The fraction of sp³-hybridized carbons (Fsp3) is 0.500. The molecule has 5 nitrogen and oxygen atoms in total. The van der Waals surface area contributed by atoms with E-state index in [0.717, 1.165) is 32.4 Å². The van der Waals surface area contributed by atoms with Crippen LogP contribution in [0.2, 0.25) is 0 Å². The zero-order chi connectivity index (χ0) is 19.8. The number of carbonyl (C=O) groups excluding carboxylic acids is 1. The fourth-order valence-electron chi connectivity index (χ4n) is 5.47. The topological polar surface area (TPSA) is 57.4 Å². The molecule has 1 unspecified atom stereocenters. The summed E-state index contributed by atoms with van der Waals surface area (Å²) in [6, 6.07) is 8.81. The summed E-state index contributed by atoms with van der Waals surface area (Å²) in [5.74, 6) is 2.87. The minimum Gasteiger partial charge on any atom is -0.335 e. The van der Waals surface area contributed by atoms with Gasteiger partial charge in [0.25, 0.3) is 5.91 Å². The Morgan fingerprint density at radius 3 is 2.76 bits per heavy atom. The number of rotatable bonds is 3. The second-order valence-electron chi connectivity index (χ2n) is 8.67. The van der Waals surface area contributed by atoms with Crippen molar-refractivity contribution >= 4 is 23.8 Å². The normalized spacial score (nSPS) is 31.6. The highest BCUT2D eigenvalue weighted by atomic mass is 16.2. The molecule has 0 N–H and O–H groups in total. The zero-order valence-electron chi connectivity index (χ0n) is 17.0. The molecule has 1 saturated carbocycles. The lowest BCUT2D eigenvalue weighted by Gasteiger charge is -2.20. The third kappa shape index (κ3) is 3.47. The number of hydrogen-bond acceptors (Lipinski definition) is 4. The van der Waals surface area contributed by atoms with E-state index in [0.29, 0.717) is 29.4 Å². The first-order valence-electron chi connectivity index (χ1n) is 11.0. The number of fused-ring (bicyclic) bond motifs is 2. The van der Waals surface area contributed by atoms with Crippen LogP contribution in [0.3, 0.4) is 0 Å². The second-order valence-corrected chi connectivity index (χ2v) is 8.67. The largest absolute Gasteiger partial charge is 0.335 e. The molecule has 1 aliphatic carbocycles. The summed E-state index contributed by atoms with van der Waals surface area (Å²) in [6.45, 7) is 3.92. The summed E-state index contributed by atoms with van der Waals surface area (Å²) in [7, 11) is 0. The lowest BCUT2D eigenvalue weighted by Crippen LogP contribution is -2.34. The minimum absolute atomic E-state index is 0.00712. The van der Waals surface area contributed by atoms with E-state index in [1.807, 2.05) is 11.0 Å². The van der Waals surface area contributed by atoms with Crippen LogP contribution in [-0.4, -0.2) is 47.8 Å². The Hall–Kier alpha value is -2.56. The van der Waals surface area contributed by atoms with Crippen molar-refractivity contribution in [3.63, 3.8) is 0 Å². The quantitative estimate of drug-likeness (QED) is 0.777. The average Bonchev–Trinajstić information content (AvgIpc) is 3.40. The van der Waals surface area contributed by atoms with Crippen molar-refractivity contribution in [1.82, 2.24) is 4.90 Å². The van der Waals surface area contributed by atoms with Crippen molar-refractivity contribution in [3.8, 4) is 0 Å². The fourth-order valence-corrected chi connectivity index (χ4v) is 5.47. The summed E-state index contributed by atoms with van der Waals surface area (Å²) in [6.07, 6.45) is 11.0. The third-order valence-electron chi connectivity index (χ3n) is 6.94. The predicted molar refractivity (Wildman–Crippen MR) is 117 cm³/mol. The molecule has 0 radical (unpaired) electrons. The standard InChI is InChI=1S/C24H28N4O/c1-2-16-8-5-6-9-20(16)17-12-18-14-28(15-19(18)13-17)24(29)23-26-21-10-4-3-7-11-25-22(21)27-23/h3,5-9,11,17-19,21H,2,4,10,12-15H2,1H3/b7-3-,25-11?/t17?,18-,19+,21-/m0/s1. The van der Waals surface area contributed by atoms with Gasteiger partial charge in [-0.05, 0) is 67.1 Å². The van der Waals surface area contributed by atoms with Crippen LogP contribution in [-0.2, 0) is 11.2 Å². The molecular formula is C24H28N4O. The summed E-state index contributed by atoms with van der Waals surface area (Å²) < 4.78 is 0. The molecule has 5 rings (SSSR count). The Labute approximate surface area is 172 Å². The smallest absolute Gasteiger partial charge is 0.291 e. The van der Waals surface area contributed by atoms with E-state index in [-0.39, 0.29) is 11.9 Å². The van der Waals surface area contributed by atoms with Gasteiger partial charge < -0.3 is 4.90 Å². The zero-order valence-corrected chi connectivity index (χ0v) is 17.0. The predicted octanol–water partition coefficient (Wildman–Crippen LogP) is 3.80. The number of hydrogen-bond donors (Lipinski definition) is 0. The first kappa shape index (κ1) is 18.5. The van der Waals surface area contributed by atoms with Crippen molar-refractivity contribution in [2.24, 2.45) is 26.8 Å². The number of nitrogens with zero attached hydrogens (tertiary/aromatic N) is 4.